The van der Waals surface area contributed by atoms with E-state index in [-0.39, 0.29) is 0 Å². The zero-order valence-electron chi connectivity index (χ0n) is 96.4. The van der Waals surface area contributed by atoms with Gasteiger partial charge in [-0.25, -0.2) is 9.97 Å². The maximum Gasteiger partial charge on any atom is 0.0890 e. The molecule has 772 valence electrons. The predicted octanol–water partition coefficient (Wildman–Crippen LogP) is 42.3. The van der Waals surface area contributed by atoms with Gasteiger partial charge in [-0.1, -0.05) is 537 Å². The lowest BCUT2D eigenvalue weighted by Crippen LogP contribution is -2.05. The van der Waals surface area contributed by atoms with Gasteiger partial charge in [0.15, 0.2) is 0 Å². The maximum atomic E-state index is 4.73. The van der Waals surface area contributed by atoms with Crippen LogP contribution in [-0.2, 0) is 64.2 Å². The lowest BCUT2D eigenvalue weighted by molar-refractivity contribution is 0.616. The minimum Gasteiger partial charge on any atom is -0.249 e. The van der Waals surface area contributed by atoms with Gasteiger partial charge in [-0.05, 0) is 326 Å². The van der Waals surface area contributed by atoms with E-state index in [1.54, 1.807) is 0 Å². The van der Waals surface area contributed by atoms with E-state index in [1.807, 2.05) is 24.3 Å². The molecule has 0 N–H and O–H groups in total. The summed E-state index contributed by atoms with van der Waals surface area (Å²) in [4.78, 5) is 9.47. The molecule has 1 aromatic heterocycles. The molecular formula is C144H186N2. The molecular weight excluding hydrogens is 1760 g/mol. The van der Waals surface area contributed by atoms with Gasteiger partial charge in [-0.2, -0.15) is 0 Å². The lowest BCUT2D eigenvalue weighted by Gasteiger charge is -2.15. The monoisotopic (exact) mass is 1940 g/mol. The van der Waals surface area contributed by atoms with Crippen LogP contribution in [0.25, 0.3) is 87.9 Å². The van der Waals surface area contributed by atoms with Gasteiger partial charge in [0, 0.05) is 0 Å². The molecule has 2 nitrogen and oxygen atoms in total. The summed E-state index contributed by atoms with van der Waals surface area (Å²) in [6.07, 6.45) is 11.7. The van der Waals surface area contributed by atoms with Crippen molar-refractivity contribution in [2.24, 2.45) is 59.2 Å². The summed E-state index contributed by atoms with van der Waals surface area (Å²) in [7, 11) is 0. The van der Waals surface area contributed by atoms with E-state index in [1.165, 1.54) is 193 Å². The van der Waals surface area contributed by atoms with Crippen LogP contribution < -0.4 is 0 Å². The molecule has 0 aliphatic heterocycles. The third kappa shape index (κ3) is 38.3. The fraction of sp³-hybridized carbons (Fsp3) is 0.403. The van der Waals surface area contributed by atoms with Crippen molar-refractivity contribution in [3.8, 4) is 44.5 Å². The maximum absolute atomic E-state index is 4.73. The fourth-order valence-corrected chi connectivity index (χ4v) is 19.7. The standard InChI is InChI=1S/2C20H26.C18H22.2C18H24.C18H22.C18H24.C14H18N2/c1-15(2)13-17-5-9-19(10-6-17)20-11-7-18(8-12-20)14-16(3)4;1-15(2)12-17-8-7-10-19(14-17)20-11-6-5-9-18(20)13-16(3)4;1-13(2)15-5-9-17(10-6-15)18-11-7-16(8-12-18)14(3)4;1-13(2)11-15-7-5-10-18-16(12-14(3)4)8-6-9-17(15)18;1-13(2)11-16-9-5-7-15-8-6-10-17(18(15)16)12-14(3)4;1-13(2)15-8-7-9-16(12-15)18-11-6-5-10-17(18)14(3)4;1-13(2)9-17-11-15-7-5-6-8-16(15)12-18(17)10-14(3)4;1-9(2)13-14(10(3)4)16-12-8-6-5-7-11(12)15-13/h5-12,15-16H,13-14H2,1-4H3;5-11,14-16H,12-13H2,1-4H3;5-14H,1-4H3;2*5-10,13-14H,11-12H2,1-4H3;5-14H,1-4H3;5-8,11-14H,9-10H2,1-4H3;5-10H,1-4H3. The van der Waals surface area contributed by atoms with E-state index in [0.29, 0.717) is 71.0 Å². The zero-order chi connectivity index (χ0) is 106. The van der Waals surface area contributed by atoms with Crippen molar-refractivity contribution in [3.63, 3.8) is 0 Å². The average molecular weight is 1950 g/mol. The first-order chi connectivity index (χ1) is 69.6. The van der Waals surface area contributed by atoms with Gasteiger partial charge in [-0.15, -0.1) is 0 Å². The molecule has 0 radical (unpaired) electrons. The van der Waals surface area contributed by atoms with E-state index >= 15 is 0 Å². The highest BCUT2D eigenvalue weighted by Gasteiger charge is 2.19. The quantitative estimate of drug-likeness (QED) is 0.0448. The molecule has 16 rings (SSSR count). The Morgan fingerprint density at radius 2 is 0.466 bits per heavy atom. The largest absolute Gasteiger partial charge is 0.249 e. The summed E-state index contributed by atoms with van der Waals surface area (Å²) in [5.74, 6) is 10.3. The Morgan fingerprint density at radius 1 is 0.171 bits per heavy atom. The Morgan fingerprint density at radius 3 is 0.849 bits per heavy atom. The van der Waals surface area contributed by atoms with Gasteiger partial charge >= 0.3 is 0 Å². The number of aromatic nitrogens is 2. The summed E-state index contributed by atoms with van der Waals surface area (Å²) in [6.45, 7) is 72.3. The van der Waals surface area contributed by atoms with Crippen LogP contribution in [0.15, 0.2) is 328 Å². The van der Waals surface area contributed by atoms with E-state index in [4.69, 9.17) is 9.97 Å². The second kappa shape index (κ2) is 59.4. The van der Waals surface area contributed by atoms with E-state index in [9.17, 15) is 0 Å². The molecule has 0 aliphatic rings. The summed E-state index contributed by atoms with van der Waals surface area (Å²) < 4.78 is 0. The van der Waals surface area contributed by atoms with Crippen molar-refractivity contribution in [1.29, 1.82) is 0 Å². The topological polar surface area (TPSA) is 25.8 Å². The van der Waals surface area contributed by atoms with Crippen molar-refractivity contribution in [3.05, 3.63) is 417 Å². The molecule has 2 heteroatoms. The molecule has 0 spiro atoms. The number of fused-ring (bicyclic) bond motifs is 4. The molecule has 0 amide bonds. The van der Waals surface area contributed by atoms with Crippen molar-refractivity contribution < 1.29 is 0 Å². The third-order valence-corrected chi connectivity index (χ3v) is 26.7. The normalized spacial score (nSPS) is 11.5. The van der Waals surface area contributed by atoms with Crippen LogP contribution in [0.2, 0.25) is 0 Å². The molecule has 1 heterocycles. The number of benzene rings is 15. The van der Waals surface area contributed by atoms with Gasteiger partial charge < -0.3 is 0 Å². The van der Waals surface area contributed by atoms with E-state index in [2.05, 4.69) is 525 Å². The van der Waals surface area contributed by atoms with Gasteiger partial charge in [-0.3, -0.25) is 0 Å². The number of nitrogens with zero attached hydrogens (tertiary/aromatic N) is 2. The Balaban J connectivity index is 0.000000186. The Bertz CT molecular complexity index is 6240. The second-order valence-corrected chi connectivity index (χ2v) is 47.4. The van der Waals surface area contributed by atoms with Gasteiger partial charge in [0.05, 0.1) is 22.4 Å². The molecule has 16 aromatic rings. The highest BCUT2D eigenvalue weighted by molar-refractivity contribution is 5.90. The first-order valence-corrected chi connectivity index (χ1v) is 56.1. The highest BCUT2D eigenvalue weighted by Crippen LogP contribution is 2.37. The minimum absolute atomic E-state index is 0.425. The number of hydrogen-bond donors (Lipinski definition) is 0. The van der Waals surface area contributed by atoms with Crippen LogP contribution in [0.3, 0.4) is 0 Å². The first-order valence-electron chi connectivity index (χ1n) is 56.1. The molecule has 0 unspecified atom stereocenters. The predicted molar refractivity (Wildman–Crippen MR) is 649 cm³/mol. The van der Waals surface area contributed by atoms with Crippen molar-refractivity contribution in [2.75, 3.05) is 0 Å². The number of para-hydroxylation sites is 2. The molecule has 0 aliphatic carbocycles. The minimum atomic E-state index is 0.425. The van der Waals surface area contributed by atoms with Crippen LogP contribution in [0.1, 0.15) is 346 Å². The van der Waals surface area contributed by atoms with Crippen LogP contribution in [0.4, 0.5) is 0 Å². The number of rotatable bonds is 30. The van der Waals surface area contributed by atoms with E-state index < -0.39 is 0 Å². The molecule has 0 saturated heterocycles. The van der Waals surface area contributed by atoms with Crippen LogP contribution in [0, 0.1) is 59.2 Å². The lowest BCUT2D eigenvalue weighted by atomic mass is 9.90. The highest BCUT2D eigenvalue weighted by atomic mass is 14.8. The second-order valence-electron chi connectivity index (χ2n) is 47.4. The average Bonchev–Trinajstić information content (AvgIpc) is 0.781. The smallest absolute Gasteiger partial charge is 0.0890 e. The van der Waals surface area contributed by atoms with E-state index in [0.717, 1.165) is 71.8 Å². The molecule has 0 saturated carbocycles. The molecule has 0 fully saturated rings. The number of hydrogen-bond acceptors (Lipinski definition) is 2. The molecule has 0 atom stereocenters. The first kappa shape index (κ1) is 118. The molecule has 146 heavy (non-hydrogen) atoms. The van der Waals surface area contributed by atoms with Crippen molar-refractivity contribution >= 4 is 43.4 Å². The van der Waals surface area contributed by atoms with Gasteiger partial charge in [0.2, 0.25) is 0 Å². The van der Waals surface area contributed by atoms with Gasteiger partial charge in [0.25, 0.3) is 0 Å². The molecule has 15 aromatic carbocycles. The summed E-state index contributed by atoms with van der Waals surface area (Å²) >= 11 is 0. The SMILES string of the molecule is CC(C)Cc1cc2ccccc2cc1CC(C)C.CC(C)Cc1ccc(-c2ccc(CC(C)C)cc2)cc1.CC(C)Cc1cccc(-c2ccccc2CC(C)C)c1.CC(C)Cc1cccc2c(CC(C)C)cccc12.CC(C)Cc1cccc2cccc(CC(C)C)c12.CC(C)c1ccc(-c2ccc(C(C)C)cc2)cc1.CC(C)c1cccc(-c2ccccc2C(C)C)c1.CC(C)c1nc2ccccc2nc1C(C)C. The Kier molecular flexibility index (Phi) is 48.0. The van der Waals surface area contributed by atoms with Crippen LogP contribution in [0.5, 0.6) is 0 Å². The fourth-order valence-electron chi connectivity index (χ4n) is 19.7. The van der Waals surface area contributed by atoms with Crippen molar-refractivity contribution in [1.82, 2.24) is 9.97 Å². The van der Waals surface area contributed by atoms with Crippen LogP contribution in [-0.4, -0.2) is 9.97 Å². The third-order valence-electron chi connectivity index (χ3n) is 26.7. The summed E-state index contributed by atoms with van der Waals surface area (Å²) in [6, 6.07) is 120. The van der Waals surface area contributed by atoms with Gasteiger partial charge in [0.1, 0.15) is 0 Å². The zero-order valence-corrected chi connectivity index (χ0v) is 96.4. The Hall–Kier alpha value is -11.6. The Labute approximate surface area is 888 Å². The summed E-state index contributed by atoms with van der Waals surface area (Å²) in [5, 5.41) is 8.55. The van der Waals surface area contributed by atoms with Crippen LogP contribution >= 0.6 is 0 Å². The van der Waals surface area contributed by atoms with Crippen molar-refractivity contribution in [2.45, 2.75) is 321 Å². The molecule has 0 bridgehead atoms. The summed E-state index contributed by atoms with van der Waals surface area (Å²) in [5.41, 5.74) is 35.4.